The van der Waals surface area contributed by atoms with Crippen LogP contribution in [0.5, 0.6) is 0 Å². The zero-order chi connectivity index (χ0) is 11.9. The summed E-state index contributed by atoms with van der Waals surface area (Å²) in [4.78, 5) is 0. The third kappa shape index (κ3) is 20.2. The molecule has 0 fully saturated rings. The fraction of sp³-hybridized carbons (Fsp3) is 0.556. The normalized spacial score (nSPS) is 9.33. The van der Waals surface area contributed by atoms with Gasteiger partial charge in [0.2, 0.25) is 0 Å². The van der Waals surface area contributed by atoms with Gasteiger partial charge in [-0.3, -0.25) is 0 Å². The molecule has 0 saturated heterocycles. The van der Waals surface area contributed by atoms with Crippen molar-refractivity contribution in [2.75, 3.05) is 24.7 Å². The van der Waals surface area contributed by atoms with Crippen LogP contribution in [0.25, 0.3) is 0 Å². The highest BCUT2D eigenvalue weighted by Crippen LogP contribution is 2.13. The van der Waals surface area contributed by atoms with E-state index in [4.69, 9.17) is 18.9 Å². The first kappa shape index (κ1) is 17.4. The van der Waals surface area contributed by atoms with Crippen LogP contribution in [0.1, 0.15) is 0 Å². The molecule has 0 atom stereocenters. The van der Waals surface area contributed by atoms with Crippen LogP contribution in [0.2, 0.25) is 0 Å². The third-order valence-corrected chi connectivity index (χ3v) is 2.40. The maximum atomic E-state index is 8.17. The molecule has 4 nitrogen and oxygen atoms in total. The summed E-state index contributed by atoms with van der Waals surface area (Å²) in [6.07, 6.45) is 2.66. The fourth-order valence-electron chi connectivity index (χ4n) is 0.244. The van der Waals surface area contributed by atoms with Gasteiger partial charge in [-0.15, -0.1) is 13.2 Å². The zero-order valence-corrected chi connectivity index (χ0v) is 10.2. The summed E-state index contributed by atoms with van der Waals surface area (Å²) in [7, 11) is 0. The lowest BCUT2D eigenvalue weighted by atomic mass is 10.4. The standard InChI is InChI=1S/C6H10OS2.C3H8O3/c1-3-5-8-7-9-6-4-2;4-1-3(6)2-5/h3-4H,1-2,5-6H2;3-6H,1-2H2. The predicted octanol–water partition coefficient (Wildman–Crippen LogP) is 1.00. The van der Waals surface area contributed by atoms with Gasteiger partial charge in [-0.2, -0.15) is 0 Å². The van der Waals surface area contributed by atoms with Crippen molar-refractivity contribution < 1.29 is 18.9 Å². The van der Waals surface area contributed by atoms with Gasteiger partial charge in [0.25, 0.3) is 0 Å². The first-order valence-corrected chi connectivity index (χ1v) is 6.07. The first-order valence-electron chi connectivity index (χ1n) is 4.25. The highest BCUT2D eigenvalue weighted by molar-refractivity contribution is 8.08. The van der Waals surface area contributed by atoms with Crippen molar-refractivity contribution in [3.63, 3.8) is 0 Å². The lowest BCUT2D eigenvalue weighted by Crippen LogP contribution is -2.15. The van der Waals surface area contributed by atoms with Crippen LogP contribution in [-0.4, -0.2) is 46.1 Å². The Morgan fingerprint density at radius 2 is 1.47 bits per heavy atom. The number of hydrogen-bond donors (Lipinski definition) is 3. The lowest BCUT2D eigenvalue weighted by Gasteiger charge is -1.96. The topological polar surface area (TPSA) is 69.9 Å². The minimum Gasteiger partial charge on any atom is -0.394 e. The van der Waals surface area contributed by atoms with E-state index < -0.39 is 6.10 Å². The Morgan fingerprint density at radius 3 is 1.67 bits per heavy atom. The number of rotatable bonds is 8. The monoisotopic (exact) mass is 254 g/mol. The smallest absolute Gasteiger partial charge is 0.100 e. The molecule has 6 heteroatoms. The Kier molecular flexibility index (Phi) is 19.1. The summed E-state index contributed by atoms with van der Waals surface area (Å²) in [6.45, 7) is 6.37. The summed E-state index contributed by atoms with van der Waals surface area (Å²) in [5.41, 5.74) is 0. The largest absolute Gasteiger partial charge is 0.394 e. The maximum Gasteiger partial charge on any atom is 0.100 e. The van der Waals surface area contributed by atoms with E-state index >= 15 is 0 Å². The van der Waals surface area contributed by atoms with E-state index in [0.29, 0.717) is 0 Å². The summed E-state index contributed by atoms with van der Waals surface area (Å²) in [5, 5.41) is 24.0. The van der Waals surface area contributed by atoms with E-state index in [2.05, 4.69) is 13.2 Å². The molecule has 0 aliphatic heterocycles. The van der Waals surface area contributed by atoms with Crippen molar-refractivity contribution in [2.24, 2.45) is 0 Å². The molecular weight excluding hydrogens is 236 g/mol. The van der Waals surface area contributed by atoms with Crippen molar-refractivity contribution in [3.05, 3.63) is 25.3 Å². The molecule has 0 aliphatic rings. The number of aliphatic hydroxyl groups is 3. The molecule has 0 aromatic heterocycles. The molecule has 0 spiro atoms. The summed E-state index contributed by atoms with van der Waals surface area (Å²) in [6, 6.07) is 0. The van der Waals surface area contributed by atoms with Gasteiger partial charge >= 0.3 is 0 Å². The highest BCUT2D eigenvalue weighted by Gasteiger charge is 1.93. The number of aliphatic hydroxyl groups excluding tert-OH is 3. The van der Waals surface area contributed by atoms with Crippen LogP contribution < -0.4 is 0 Å². The lowest BCUT2D eigenvalue weighted by molar-refractivity contribution is 0.0450. The van der Waals surface area contributed by atoms with Gasteiger partial charge in [0.15, 0.2) is 0 Å². The van der Waals surface area contributed by atoms with Crippen LogP contribution in [0.3, 0.4) is 0 Å². The summed E-state index contributed by atoms with van der Waals surface area (Å²) in [5.74, 6) is 1.67. The SMILES string of the molecule is C=CCSOSCC=C.OCC(O)CO. The van der Waals surface area contributed by atoms with Crippen molar-refractivity contribution in [3.8, 4) is 0 Å². The van der Waals surface area contributed by atoms with Crippen LogP contribution in [0.15, 0.2) is 25.3 Å². The van der Waals surface area contributed by atoms with Crippen LogP contribution in [0, 0.1) is 0 Å². The van der Waals surface area contributed by atoms with Crippen LogP contribution >= 0.6 is 24.1 Å². The predicted molar refractivity (Wildman–Crippen MR) is 66.6 cm³/mol. The molecule has 0 heterocycles. The molecule has 0 unspecified atom stereocenters. The average Bonchev–Trinajstić information content (AvgIpc) is 2.29. The second-order valence-corrected chi connectivity index (χ2v) is 3.92. The Bertz CT molecular complexity index is 130. The Balaban J connectivity index is 0. The Hall–Kier alpha value is 0.0200. The molecule has 90 valence electrons. The van der Waals surface area contributed by atoms with E-state index in [1.807, 2.05) is 0 Å². The van der Waals surface area contributed by atoms with Gasteiger partial charge in [-0.05, 0) is 0 Å². The molecule has 0 bridgehead atoms. The van der Waals surface area contributed by atoms with Gasteiger partial charge in [0, 0.05) is 35.6 Å². The third-order valence-electron chi connectivity index (χ3n) is 0.890. The van der Waals surface area contributed by atoms with Crippen molar-refractivity contribution in [2.45, 2.75) is 6.10 Å². The number of hydrogen-bond acceptors (Lipinski definition) is 6. The van der Waals surface area contributed by atoms with E-state index in [9.17, 15) is 0 Å². The highest BCUT2D eigenvalue weighted by atomic mass is 32.2. The molecule has 0 aromatic rings. The summed E-state index contributed by atoms with van der Waals surface area (Å²) >= 11 is 2.78. The second kappa shape index (κ2) is 16.4. The minimum absolute atomic E-state index is 0.365. The van der Waals surface area contributed by atoms with Gasteiger partial charge in [-0.1, -0.05) is 12.2 Å². The van der Waals surface area contributed by atoms with Crippen molar-refractivity contribution in [1.29, 1.82) is 0 Å². The van der Waals surface area contributed by atoms with E-state index in [0.717, 1.165) is 11.5 Å². The van der Waals surface area contributed by atoms with Crippen molar-refractivity contribution >= 4 is 24.1 Å². The molecule has 0 saturated carbocycles. The average molecular weight is 254 g/mol. The van der Waals surface area contributed by atoms with Gasteiger partial charge in [0.1, 0.15) is 6.10 Å². The minimum atomic E-state index is -0.954. The molecule has 0 amide bonds. The molecular formula is C9H18O4S2. The molecule has 0 rings (SSSR count). The summed E-state index contributed by atoms with van der Waals surface area (Å²) < 4.78 is 5.01. The molecule has 0 aromatic carbocycles. The quantitative estimate of drug-likeness (QED) is 0.341. The molecule has 0 aliphatic carbocycles. The first-order chi connectivity index (χ1) is 7.22. The van der Waals surface area contributed by atoms with Gasteiger partial charge in [0.05, 0.1) is 13.2 Å². The van der Waals surface area contributed by atoms with Crippen molar-refractivity contribution in [1.82, 2.24) is 0 Å². The van der Waals surface area contributed by atoms with E-state index in [1.54, 1.807) is 12.2 Å². The van der Waals surface area contributed by atoms with Crippen LogP contribution in [0.4, 0.5) is 0 Å². The zero-order valence-electron chi connectivity index (χ0n) is 8.54. The van der Waals surface area contributed by atoms with Gasteiger partial charge < -0.3 is 15.3 Å². The van der Waals surface area contributed by atoms with E-state index in [1.165, 1.54) is 24.1 Å². The molecule has 15 heavy (non-hydrogen) atoms. The maximum absolute atomic E-state index is 8.17. The van der Waals surface area contributed by atoms with E-state index in [-0.39, 0.29) is 13.2 Å². The second-order valence-electron chi connectivity index (χ2n) is 2.23. The Labute approximate surface area is 99.4 Å². The molecule has 0 radical (unpaired) electrons. The Morgan fingerprint density at radius 1 is 1.07 bits per heavy atom. The van der Waals surface area contributed by atoms with Gasteiger partial charge in [-0.25, -0.2) is 3.63 Å². The molecule has 3 N–H and O–H groups in total. The fourth-order valence-corrected chi connectivity index (χ4v) is 1.15. The van der Waals surface area contributed by atoms with Crippen LogP contribution in [-0.2, 0) is 3.63 Å².